The van der Waals surface area contributed by atoms with Crippen LogP contribution in [0.3, 0.4) is 0 Å². The molecule has 0 amide bonds. The van der Waals surface area contributed by atoms with Gasteiger partial charge in [0.2, 0.25) is 0 Å². The number of benzene rings is 1. The lowest BCUT2D eigenvalue weighted by Crippen LogP contribution is -2.55. The zero-order chi connectivity index (χ0) is 15.0. The van der Waals surface area contributed by atoms with Crippen LogP contribution < -0.4 is 5.73 Å². The fraction of sp³-hybridized carbons (Fsp3) is 0.647. The van der Waals surface area contributed by atoms with Gasteiger partial charge in [-0.3, -0.25) is 0 Å². The molecule has 1 saturated carbocycles. The summed E-state index contributed by atoms with van der Waals surface area (Å²) in [6.07, 6.45) is 5.31. The van der Waals surface area contributed by atoms with Gasteiger partial charge in [-0.15, -0.1) is 0 Å². The van der Waals surface area contributed by atoms with Crippen molar-refractivity contribution in [3.63, 3.8) is 0 Å². The Morgan fingerprint density at radius 3 is 2.65 bits per heavy atom. The van der Waals surface area contributed by atoms with E-state index in [1.54, 1.807) is 6.07 Å². The normalized spacial score (nSPS) is 27.6. The maximum Gasteiger partial charge on any atom is 0.142 e. The zero-order valence-electron chi connectivity index (χ0n) is 12.7. The van der Waals surface area contributed by atoms with Gasteiger partial charge in [-0.05, 0) is 48.3 Å². The monoisotopic (exact) mass is 297 g/mol. The minimum absolute atomic E-state index is 0.177. The van der Waals surface area contributed by atoms with Gasteiger partial charge in [0, 0.05) is 5.54 Å². The molecule has 1 aliphatic rings. The highest BCUT2D eigenvalue weighted by atomic mass is 35.5. The Morgan fingerprint density at radius 2 is 2.05 bits per heavy atom. The smallest absolute Gasteiger partial charge is 0.142 e. The van der Waals surface area contributed by atoms with E-state index in [9.17, 15) is 4.39 Å². The SMILES string of the molecule is CC(C)(C)C1CCCCC1(N)Cc1ccc(Cl)c(F)c1. The average molecular weight is 298 g/mol. The second-order valence-electron chi connectivity index (χ2n) is 7.32. The summed E-state index contributed by atoms with van der Waals surface area (Å²) in [6.45, 7) is 6.77. The van der Waals surface area contributed by atoms with Gasteiger partial charge in [-0.1, -0.05) is 51.3 Å². The Kier molecular flexibility index (Phi) is 4.46. The summed E-state index contributed by atoms with van der Waals surface area (Å²) < 4.78 is 13.6. The van der Waals surface area contributed by atoms with Gasteiger partial charge in [-0.2, -0.15) is 0 Å². The maximum absolute atomic E-state index is 13.6. The summed E-state index contributed by atoms with van der Waals surface area (Å²) in [5, 5.41) is 0.177. The van der Waals surface area contributed by atoms with Crippen LogP contribution in [0.2, 0.25) is 5.02 Å². The Morgan fingerprint density at radius 1 is 1.35 bits per heavy atom. The zero-order valence-corrected chi connectivity index (χ0v) is 13.4. The Hall–Kier alpha value is -0.600. The van der Waals surface area contributed by atoms with E-state index in [0.717, 1.165) is 24.8 Å². The van der Waals surface area contributed by atoms with Crippen LogP contribution in [-0.4, -0.2) is 5.54 Å². The number of nitrogens with two attached hydrogens (primary N) is 1. The van der Waals surface area contributed by atoms with Crippen LogP contribution in [-0.2, 0) is 6.42 Å². The predicted octanol–water partition coefficient (Wildman–Crippen LogP) is 4.96. The van der Waals surface area contributed by atoms with E-state index in [1.807, 2.05) is 6.07 Å². The van der Waals surface area contributed by atoms with Gasteiger partial charge in [0.05, 0.1) is 5.02 Å². The summed E-state index contributed by atoms with van der Waals surface area (Å²) in [6, 6.07) is 5.06. The van der Waals surface area contributed by atoms with Crippen LogP contribution in [0, 0.1) is 17.2 Å². The third kappa shape index (κ3) is 3.35. The van der Waals surface area contributed by atoms with Gasteiger partial charge < -0.3 is 5.73 Å². The van der Waals surface area contributed by atoms with Crippen molar-refractivity contribution < 1.29 is 4.39 Å². The van der Waals surface area contributed by atoms with Crippen LogP contribution >= 0.6 is 11.6 Å². The molecular formula is C17H25ClFN. The van der Waals surface area contributed by atoms with Crippen LogP contribution in [0.15, 0.2) is 18.2 Å². The first-order valence-electron chi connectivity index (χ1n) is 7.45. The Bertz CT molecular complexity index is 480. The third-order valence-corrected chi connectivity index (χ3v) is 4.95. The lowest BCUT2D eigenvalue weighted by molar-refractivity contribution is 0.0793. The van der Waals surface area contributed by atoms with E-state index in [1.165, 1.54) is 18.9 Å². The quantitative estimate of drug-likeness (QED) is 0.820. The first-order chi connectivity index (χ1) is 9.22. The molecule has 1 aromatic carbocycles. The molecule has 0 saturated heterocycles. The number of halogens is 2. The molecule has 2 N–H and O–H groups in total. The van der Waals surface area contributed by atoms with E-state index >= 15 is 0 Å². The first-order valence-corrected chi connectivity index (χ1v) is 7.83. The van der Waals surface area contributed by atoms with Crippen LogP contribution in [0.5, 0.6) is 0 Å². The predicted molar refractivity (Wildman–Crippen MR) is 83.4 cm³/mol. The summed E-state index contributed by atoms with van der Waals surface area (Å²) in [5.74, 6) is 0.110. The summed E-state index contributed by atoms with van der Waals surface area (Å²) in [7, 11) is 0. The lowest BCUT2D eigenvalue weighted by Gasteiger charge is -2.48. The molecule has 0 spiro atoms. The fourth-order valence-electron chi connectivity index (χ4n) is 3.80. The van der Waals surface area contributed by atoms with Crippen LogP contribution in [0.1, 0.15) is 52.0 Å². The Labute approximate surface area is 126 Å². The molecule has 1 aromatic rings. The van der Waals surface area contributed by atoms with Crippen molar-refractivity contribution in [3.8, 4) is 0 Å². The third-order valence-electron chi connectivity index (χ3n) is 4.64. The number of hydrogen-bond acceptors (Lipinski definition) is 1. The van der Waals surface area contributed by atoms with E-state index < -0.39 is 0 Å². The van der Waals surface area contributed by atoms with Gasteiger partial charge in [-0.25, -0.2) is 4.39 Å². The number of hydrogen-bond donors (Lipinski definition) is 1. The van der Waals surface area contributed by atoms with E-state index in [0.29, 0.717) is 5.92 Å². The first kappa shape index (κ1) is 15.8. The van der Waals surface area contributed by atoms with E-state index in [4.69, 9.17) is 17.3 Å². The molecular weight excluding hydrogens is 273 g/mol. The van der Waals surface area contributed by atoms with Gasteiger partial charge in [0.15, 0.2) is 0 Å². The molecule has 0 aliphatic heterocycles. The van der Waals surface area contributed by atoms with Crippen molar-refractivity contribution in [2.45, 2.75) is 58.4 Å². The molecule has 0 bridgehead atoms. The molecule has 2 rings (SSSR count). The molecule has 1 aliphatic carbocycles. The largest absolute Gasteiger partial charge is 0.325 e. The number of rotatable bonds is 2. The van der Waals surface area contributed by atoms with E-state index in [2.05, 4.69) is 20.8 Å². The molecule has 0 heterocycles. The van der Waals surface area contributed by atoms with Gasteiger partial charge in [0.25, 0.3) is 0 Å². The molecule has 2 unspecified atom stereocenters. The minimum atomic E-state index is -0.351. The van der Waals surface area contributed by atoms with Crippen molar-refractivity contribution in [1.29, 1.82) is 0 Å². The van der Waals surface area contributed by atoms with Crippen molar-refractivity contribution in [3.05, 3.63) is 34.6 Å². The molecule has 3 heteroatoms. The molecule has 1 nitrogen and oxygen atoms in total. The molecule has 2 atom stereocenters. The molecule has 0 radical (unpaired) electrons. The molecule has 1 fully saturated rings. The maximum atomic E-state index is 13.6. The van der Waals surface area contributed by atoms with Gasteiger partial charge in [0.1, 0.15) is 5.82 Å². The summed E-state index contributed by atoms with van der Waals surface area (Å²) >= 11 is 5.75. The lowest BCUT2D eigenvalue weighted by atomic mass is 9.61. The van der Waals surface area contributed by atoms with Crippen molar-refractivity contribution in [2.75, 3.05) is 0 Å². The van der Waals surface area contributed by atoms with Crippen molar-refractivity contribution >= 4 is 11.6 Å². The van der Waals surface area contributed by atoms with Crippen LogP contribution in [0.4, 0.5) is 4.39 Å². The van der Waals surface area contributed by atoms with E-state index in [-0.39, 0.29) is 21.8 Å². The highest BCUT2D eigenvalue weighted by molar-refractivity contribution is 6.30. The average Bonchev–Trinajstić information content (AvgIpc) is 2.32. The topological polar surface area (TPSA) is 26.0 Å². The second-order valence-corrected chi connectivity index (χ2v) is 7.73. The highest BCUT2D eigenvalue weighted by Crippen LogP contribution is 2.44. The molecule has 20 heavy (non-hydrogen) atoms. The molecule has 0 aromatic heterocycles. The summed E-state index contributed by atoms with van der Waals surface area (Å²) in [4.78, 5) is 0. The minimum Gasteiger partial charge on any atom is -0.325 e. The molecule has 112 valence electrons. The van der Waals surface area contributed by atoms with Crippen molar-refractivity contribution in [2.24, 2.45) is 17.1 Å². The van der Waals surface area contributed by atoms with Crippen LogP contribution in [0.25, 0.3) is 0 Å². The fourth-order valence-corrected chi connectivity index (χ4v) is 3.92. The summed E-state index contributed by atoms with van der Waals surface area (Å²) in [5.41, 5.74) is 7.65. The van der Waals surface area contributed by atoms with Gasteiger partial charge >= 0.3 is 0 Å². The highest BCUT2D eigenvalue weighted by Gasteiger charge is 2.43. The van der Waals surface area contributed by atoms with Crippen molar-refractivity contribution in [1.82, 2.24) is 0 Å². The Balaban J connectivity index is 2.25. The standard InChI is InChI=1S/C17H25ClFN/c1-16(2,3)15-6-4-5-9-17(15,20)11-12-7-8-13(18)14(19)10-12/h7-8,10,15H,4-6,9,11,20H2,1-3H3. The second kappa shape index (κ2) is 5.65.